The summed E-state index contributed by atoms with van der Waals surface area (Å²) in [4.78, 5) is 12.1. The monoisotopic (exact) mass is 389 g/mol. The molecule has 0 saturated carbocycles. The van der Waals surface area contributed by atoms with Crippen LogP contribution in [0.2, 0.25) is 5.02 Å². The Balaban J connectivity index is 1.68. The summed E-state index contributed by atoms with van der Waals surface area (Å²) in [5.41, 5.74) is 2.09. The Hall–Kier alpha value is -3.55. The Bertz CT molecular complexity index is 1040. The molecular formula is C23H16ClNO3. The maximum Gasteiger partial charge on any atom is 0.349 e. The normalized spacial score (nSPS) is 10.8. The lowest BCUT2D eigenvalue weighted by atomic mass is 10.0. The molecule has 0 saturated heterocycles. The minimum absolute atomic E-state index is 0.267. The fraction of sp³-hybridized carbons (Fsp3) is 0.0435. The number of carbonyl (C=O) groups is 1. The van der Waals surface area contributed by atoms with Gasteiger partial charge >= 0.3 is 5.97 Å². The molecule has 0 bridgehead atoms. The molecule has 5 heteroatoms. The highest BCUT2D eigenvalue weighted by Gasteiger charge is 2.09. The number of allylic oxidation sites excluding steroid dienone is 1. The first-order chi connectivity index (χ1) is 13.7. The lowest BCUT2D eigenvalue weighted by molar-refractivity contribution is -0.136. The largest absolute Gasteiger partial charge is 0.480 e. The molecule has 0 aliphatic heterocycles. The smallest absolute Gasteiger partial charge is 0.349 e. The van der Waals surface area contributed by atoms with E-state index >= 15 is 0 Å². The average Bonchev–Trinajstić information content (AvgIpc) is 2.72. The van der Waals surface area contributed by atoms with Crippen LogP contribution in [0.1, 0.15) is 11.1 Å². The lowest BCUT2D eigenvalue weighted by Gasteiger charge is -2.08. The molecule has 28 heavy (non-hydrogen) atoms. The molecular weight excluding hydrogens is 374 g/mol. The van der Waals surface area contributed by atoms with Gasteiger partial charge in [0.25, 0.3) is 0 Å². The molecule has 0 atom stereocenters. The number of benzene rings is 3. The molecule has 0 aliphatic rings. The Labute approximate surface area is 168 Å². The van der Waals surface area contributed by atoms with Gasteiger partial charge in [0.2, 0.25) is 0 Å². The summed E-state index contributed by atoms with van der Waals surface area (Å²) >= 11 is 5.99. The Morgan fingerprint density at radius 3 is 2.50 bits per heavy atom. The molecule has 0 radical (unpaired) electrons. The van der Waals surface area contributed by atoms with Gasteiger partial charge in [0.05, 0.1) is 16.7 Å². The van der Waals surface area contributed by atoms with Crippen LogP contribution in [0.3, 0.4) is 0 Å². The van der Waals surface area contributed by atoms with Crippen molar-refractivity contribution in [2.24, 2.45) is 0 Å². The van der Waals surface area contributed by atoms with Crippen LogP contribution in [0.5, 0.6) is 11.5 Å². The molecule has 0 unspecified atom stereocenters. The van der Waals surface area contributed by atoms with Crippen molar-refractivity contribution in [3.63, 3.8) is 0 Å². The van der Waals surface area contributed by atoms with Gasteiger partial charge in [-0.2, -0.15) is 5.26 Å². The molecule has 4 nitrogen and oxygen atoms in total. The van der Waals surface area contributed by atoms with E-state index in [1.165, 1.54) is 0 Å². The predicted octanol–water partition coefficient (Wildman–Crippen LogP) is 5.39. The summed E-state index contributed by atoms with van der Waals surface area (Å²) < 4.78 is 10.7. The van der Waals surface area contributed by atoms with E-state index in [4.69, 9.17) is 21.1 Å². The zero-order valence-corrected chi connectivity index (χ0v) is 15.6. The molecule has 0 amide bonds. The van der Waals surface area contributed by atoms with Gasteiger partial charge in [0, 0.05) is 0 Å². The number of nitriles is 1. The van der Waals surface area contributed by atoms with E-state index in [0.29, 0.717) is 22.1 Å². The van der Waals surface area contributed by atoms with Gasteiger partial charge in [0.15, 0.2) is 6.61 Å². The second-order valence-electron chi connectivity index (χ2n) is 5.80. The summed E-state index contributed by atoms with van der Waals surface area (Å²) in [7, 11) is 0. The van der Waals surface area contributed by atoms with Gasteiger partial charge in [-0.05, 0) is 41.5 Å². The zero-order chi connectivity index (χ0) is 19.8. The molecule has 0 N–H and O–H groups in total. The van der Waals surface area contributed by atoms with Gasteiger partial charge in [-0.25, -0.2) is 4.79 Å². The van der Waals surface area contributed by atoms with Gasteiger partial charge in [-0.1, -0.05) is 66.2 Å². The lowest BCUT2D eigenvalue weighted by Crippen LogP contribution is -2.17. The molecule has 138 valence electrons. The van der Waals surface area contributed by atoms with Crippen molar-refractivity contribution >= 4 is 29.2 Å². The van der Waals surface area contributed by atoms with Crippen molar-refractivity contribution in [3.05, 3.63) is 95.0 Å². The highest BCUT2D eigenvalue weighted by molar-refractivity contribution is 6.32. The number of nitrogens with zero attached hydrogens (tertiary/aromatic N) is 1. The standard InChI is InChI=1S/C23H16ClNO3/c24-21-11-4-5-12-22(21)27-16-23(26)28-20-10-6-7-17(14-20)13-19(15-25)18-8-2-1-3-9-18/h1-14H,16H2/b19-13-. The second kappa shape index (κ2) is 9.40. The van der Waals surface area contributed by atoms with Crippen LogP contribution in [0.15, 0.2) is 78.9 Å². The zero-order valence-electron chi connectivity index (χ0n) is 14.8. The summed E-state index contributed by atoms with van der Waals surface area (Å²) in [6, 6.07) is 25.4. The van der Waals surface area contributed by atoms with Crippen molar-refractivity contribution < 1.29 is 14.3 Å². The van der Waals surface area contributed by atoms with Gasteiger partial charge in [0.1, 0.15) is 11.5 Å². The van der Waals surface area contributed by atoms with Crippen molar-refractivity contribution in [2.45, 2.75) is 0 Å². The maximum atomic E-state index is 12.1. The first kappa shape index (κ1) is 19.2. The number of carbonyl (C=O) groups excluding carboxylic acids is 1. The Kier molecular flexibility index (Phi) is 6.46. The van der Waals surface area contributed by atoms with E-state index in [0.717, 1.165) is 11.1 Å². The Morgan fingerprint density at radius 2 is 1.75 bits per heavy atom. The fourth-order valence-electron chi connectivity index (χ4n) is 2.49. The molecule has 0 heterocycles. The predicted molar refractivity (Wildman–Crippen MR) is 109 cm³/mol. The van der Waals surface area contributed by atoms with Crippen LogP contribution in [-0.4, -0.2) is 12.6 Å². The number of rotatable bonds is 6. The highest BCUT2D eigenvalue weighted by atomic mass is 35.5. The Morgan fingerprint density at radius 1 is 1.00 bits per heavy atom. The molecule has 3 rings (SSSR count). The number of hydrogen-bond acceptors (Lipinski definition) is 4. The van der Waals surface area contributed by atoms with Crippen molar-refractivity contribution in [2.75, 3.05) is 6.61 Å². The number of halogens is 1. The summed E-state index contributed by atoms with van der Waals surface area (Å²) in [6.45, 7) is -0.267. The highest BCUT2D eigenvalue weighted by Crippen LogP contribution is 2.23. The van der Waals surface area contributed by atoms with Gasteiger partial charge in [-0.15, -0.1) is 0 Å². The van der Waals surface area contributed by atoms with Crippen LogP contribution in [0.25, 0.3) is 11.6 Å². The molecule has 3 aromatic rings. The van der Waals surface area contributed by atoms with Gasteiger partial charge < -0.3 is 9.47 Å². The first-order valence-electron chi connectivity index (χ1n) is 8.51. The van der Waals surface area contributed by atoms with Crippen LogP contribution < -0.4 is 9.47 Å². The van der Waals surface area contributed by atoms with Crippen molar-refractivity contribution in [1.82, 2.24) is 0 Å². The van der Waals surface area contributed by atoms with Crippen LogP contribution in [-0.2, 0) is 4.79 Å². The second-order valence-corrected chi connectivity index (χ2v) is 6.21. The fourth-order valence-corrected chi connectivity index (χ4v) is 2.68. The van der Waals surface area contributed by atoms with E-state index < -0.39 is 5.97 Å². The van der Waals surface area contributed by atoms with E-state index in [-0.39, 0.29) is 6.61 Å². The quantitative estimate of drug-likeness (QED) is 0.245. The third-order valence-electron chi connectivity index (χ3n) is 3.79. The number of ether oxygens (including phenoxy) is 2. The third-order valence-corrected chi connectivity index (χ3v) is 4.10. The molecule has 0 aliphatic carbocycles. The average molecular weight is 390 g/mol. The SMILES string of the molecule is N#C/C(=C/c1cccc(OC(=O)COc2ccccc2Cl)c1)c1ccccc1. The summed E-state index contributed by atoms with van der Waals surface area (Å²) in [5, 5.41) is 9.85. The number of para-hydroxylation sites is 1. The van der Waals surface area contributed by atoms with Crippen molar-refractivity contribution in [1.29, 1.82) is 5.26 Å². The molecule has 0 spiro atoms. The van der Waals surface area contributed by atoms with E-state index in [2.05, 4.69) is 6.07 Å². The first-order valence-corrected chi connectivity index (χ1v) is 8.89. The summed E-state index contributed by atoms with van der Waals surface area (Å²) in [5.74, 6) is 0.232. The minimum Gasteiger partial charge on any atom is -0.480 e. The van der Waals surface area contributed by atoms with E-state index in [9.17, 15) is 10.1 Å². The topological polar surface area (TPSA) is 59.3 Å². The van der Waals surface area contributed by atoms with Gasteiger partial charge in [-0.3, -0.25) is 0 Å². The van der Waals surface area contributed by atoms with E-state index in [1.54, 1.807) is 48.5 Å². The third kappa shape index (κ3) is 5.23. The molecule has 0 fully saturated rings. The van der Waals surface area contributed by atoms with Crippen LogP contribution in [0, 0.1) is 11.3 Å². The van der Waals surface area contributed by atoms with Crippen molar-refractivity contribution in [3.8, 4) is 17.6 Å². The van der Waals surface area contributed by atoms with E-state index in [1.807, 2.05) is 36.4 Å². The minimum atomic E-state index is -0.551. The number of hydrogen-bond donors (Lipinski definition) is 0. The molecule has 0 aromatic heterocycles. The summed E-state index contributed by atoms with van der Waals surface area (Å²) in [6.07, 6.45) is 1.74. The number of esters is 1. The molecule has 3 aromatic carbocycles. The van der Waals surface area contributed by atoms with Crippen LogP contribution in [0.4, 0.5) is 0 Å². The van der Waals surface area contributed by atoms with Crippen LogP contribution >= 0.6 is 11.6 Å². The maximum absolute atomic E-state index is 12.1.